The van der Waals surface area contributed by atoms with Crippen molar-refractivity contribution in [3.63, 3.8) is 0 Å². The average molecular weight is 413 g/mol. The van der Waals surface area contributed by atoms with Crippen LogP contribution in [-0.4, -0.2) is 38.8 Å². The quantitative estimate of drug-likeness (QED) is 0.815. The average Bonchev–Trinajstić information content (AvgIpc) is 3.17. The van der Waals surface area contributed by atoms with E-state index in [1.807, 2.05) is 0 Å². The predicted octanol–water partition coefficient (Wildman–Crippen LogP) is 3.52. The van der Waals surface area contributed by atoms with E-state index >= 15 is 0 Å². The molecular formula is C18H18ClFN2O4S. The lowest BCUT2D eigenvalue weighted by molar-refractivity contribution is 0.102. The molecule has 1 aliphatic rings. The summed E-state index contributed by atoms with van der Waals surface area (Å²) in [5.41, 5.74) is -0.125. The molecule has 0 saturated carbocycles. The molecule has 6 nitrogen and oxygen atoms in total. The minimum atomic E-state index is -3.76. The number of halogens is 2. The van der Waals surface area contributed by atoms with Crippen LogP contribution < -0.4 is 10.1 Å². The van der Waals surface area contributed by atoms with Gasteiger partial charge in [0, 0.05) is 18.1 Å². The molecule has 1 heterocycles. The fourth-order valence-electron chi connectivity index (χ4n) is 2.88. The molecule has 0 unspecified atom stereocenters. The van der Waals surface area contributed by atoms with E-state index in [2.05, 4.69) is 5.32 Å². The van der Waals surface area contributed by atoms with Gasteiger partial charge in [-0.25, -0.2) is 12.8 Å². The van der Waals surface area contributed by atoms with Crippen molar-refractivity contribution in [2.75, 3.05) is 25.5 Å². The number of hydrogen-bond acceptors (Lipinski definition) is 4. The van der Waals surface area contributed by atoms with Crippen molar-refractivity contribution in [1.29, 1.82) is 0 Å². The van der Waals surface area contributed by atoms with Gasteiger partial charge in [-0.3, -0.25) is 4.79 Å². The molecule has 27 heavy (non-hydrogen) atoms. The molecule has 3 rings (SSSR count). The van der Waals surface area contributed by atoms with Crippen molar-refractivity contribution in [2.45, 2.75) is 17.7 Å². The zero-order valence-electron chi connectivity index (χ0n) is 14.5. The molecule has 0 spiro atoms. The summed E-state index contributed by atoms with van der Waals surface area (Å²) in [6, 6.07) is 7.80. The Balaban J connectivity index is 1.93. The number of hydrogen-bond donors (Lipinski definition) is 1. The number of sulfonamides is 1. The Kier molecular flexibility index (Phi) is 5.69. The highest BCUT2D eigenvalue weighted by atomic mass is 35.5. The topological polar surface area (TPSA) is 75.7 Å². The molecule has 1 N–H and O–H groups in total. The van der Waals surface area contributed by atoms with E-state index in [-0.39, 0.29) is 16.1 Å². The molecule has 1 amide bonds. The molecule has 2 aromatic rings. The molecule has 0 aliphatic carbocycles. The Morgan fingerprint density at radius 1 is 1.19 bits per heavy atom. The monoisotopic (exact) mass is 412 g/mol. The molecule has 9 heteroatoms. The van der Waals surface area contributed by atoms with Crippen LogP contribution in [-0.2, 0) is 10.0 Å². The molecule has 0 aromatic heterocycles. The summed E-state index contributed by atoms with van der Waals surface area (Å²) in [6.45, 7) is 0.835. The lowest BCUT2D eigenvalue weighted by Gasteiger charge is -2.16. The van der Waals surface area contributed by atoms with Crippen molar-refractivity contribution in [3.8, 4) is 5.75 Å². The van der Waals surface area contributed by atoms with E-state index in [0.29, 0.717) is 23.9 Å². The lowest BCUT2D eigenvalue weighted by Crippen LogP contribution is -2.28. The number of ether oxygens (including phenoxy) is 1. The number of methoxy groups -OCH3 is 1. The first kappa shape index (κ1) is 19.6. The van der Waals surface area contributed by atoms with Gasteiger partial charge in [0.15, 0.2) is 0 Å². The first-order chi connectivity index (χ1) is 12.8. The van der Waals surface area contributed by atoms with Crippen LogP contribution in [0, 0.1) is 5.82 Å². The summed E-state index contributed by atoms with van der Waals surface area (Å²) < 4.78 is 46.0. The highest BCUT2D eigenvalue weighted by Gasteiger charge is 2.28. The van der Waals surface area contributed by atoms with Gasteiger partial charge >= 0.3 is 0 Å². The molecule has 0 bridgehead atoms. The van der Waals surface area contributed by atoms with Gasteiger partial charge in [-0.15, -0.1) is 0 Å². The minimum Gasteiger partial charge on any atom is -0.495 e. The van der Waals surface area contributed by atoms with Crippen molar-refractivity contribution < 1.29 is 22.3 Å². The van der Waals surface area contributed by atoms with Crippen LogP contribution in [0.25, 0.3) is 0 Å². The summed E-state index contributed by atoms with van der Waals surface area (Å²) >= 11 is 5.93. The number of carbonyl (C=O) groups excluding carboxylic acids is 1. The van der Waals surface area contributed by atoms with Crippen LogP contribution in [0.2, 0.25) is 5.02 Å². The Labute approximate surface area is 161 Å². The molecule has 1 saturated heterocycles. The van der Waals surface area contributed by atoms with Crippen molar-refractivity contribution in [1.82, 2.24) is 4.31 Å². The highest BCUT2D eigenvalue weighted by molar-refractivity contribution is 7.89. The molecule has 0 radical (unpaired) electrons. The maximum Gasteiger partial charge on any atom is 0.258 e. The molecule has 0 atom stereocenters. The minimum absolute atomic E-state index is 0.117. The van der Waals surface area contributed by atoms with Crippen LogP contribution >= 0.6 is 11.6 Å². The van der Waals surface area contributed by atoms with Crippen LogP contribution in [0.4, 0.5) is 10.1 Å². The van der Waals surface area contributed by atoms with E-state index in [1.165, 1.54) is 23.5 Å². The Morgan fingerprint density at radius 2 is 1.89 bits per heavy atom. The second kappa shape index (κ2) is 7.84. The summed E-state index contributed by atoms with van der Waals surface area (Å²) in [7, 11) is -2.34. The van der Waals surface area contributed by atoms with Crippen LogP contribution in [0.1, 0.15) is 23.2 Å². The number of anilines is 1. The number of carbonyl (C=O) groups is 1. The first-order valence-electron chi connectivity index (χ1n) is 8.27. The highest BCUT2D eigenvalue weighted by Crippen LogP contribution is 2.29. The van der Waals surface area contributed by atoms with Crippen LogP contribution in [0.15, 0.2) is 41.3 Å². The van der Waals surface area contributed by atoms with Crippen LogP contribution in [0.3, 0.4) is 0 Å². The smallest absolute Gasteiger partial charge is 0.258 e. The third kappa shape index (κ3) is 4.07. The lowest BCUT2D eigenvalue weighted by atomic mass is 10.2. The first-order valence-corrected chi connectivity index (χ1v) is 10.1. The van der Waals surface area contributed by atoms with Gasteiger partial charge in [0.1, 0.15) is 11.6 Å². The van der Waals surface area contributed by atoms with Gasteiger partial charge in [-0.2, -0.15) is 4.31 Å². The summed E-state index contributed by atoms with van der Waals surface area (Å²) in [5, 5.41) is 2.87. The molecule has 144 valence electrons. The van der Waals surface area contributed by atoms with Crippen molar-refractivity contribution in [3.05, 3.63) is 52.8 Å². The van der Waals surface area contributed by atoms with E-state index in [9.17, 15) is 17.6 Å². The van der Waals surface area contributed by atoms with Gasteiger partial charge in [-0.1, -0.05) is 11.6 Å². The zero-order chi connectivity index (χ0) is 19.6. The second-order valence-corrected chi connectivity index (χ2v) is 8.43. The molecule has 1 fully saturated rings. The summed E-state index contributed by atoms with van der Waals surface area (Å²) in [6.07, 6.45) is 1.56. The van der Waals surface area contributed by atoms with E-state index in [1.54, 1.807) is 12.1 Å². The zero-order valence-corrected chi connectivity index (χ0v) is 16.1. The third-order valence-corrected chi connectivity index (χ3v) is 6.42. The Morgan fingerprint density at radius 3 is 2.56 bits per heavy atom. The largest absolute Gasteiger partial charge is 0.495 e. The fraction of sp³-hybridized carbons (Fsp3) is 0.278. The van der Waals surface area contributed by atoms with Gasteiger partial charge in [-0.05, 0) is 49.2 Å². The molecule has 2 aromatic carbocycles. The normalized spacial score (nSPS) is 14.9. The van der Waals surface area contributed by atoms with E-state index in [0.717, 1.165) is 25.0 Å². The van der Waals surface area contributed by atoms with Gasteiger partial charge in [0.2, 0.25) is 10.0 Å². The number of amides is 1. The van der Waals surface area contributed by atoms with Gasteiger partial charge in [0.05, 0.1) is 23.3 Å². The van der Waals surface area contributed by atoms with Crippen LogP contribution in [0.5, 0.6) is 5.75 Å². The van der Waals surface area contributed by atoms with E-state index in [4.69, 9.17) is 16.3 Å². The number of rotatable bonds is 5. The third-order valence-electron chi connectivity index (χ3n) is 4.29. The molecule has 1 aliphatic heterocycles. The number of nitrogens with one attached hydrogen (secondary N) is 1. The maximum absolute atomic E-state index is 14.2. The van der Waals surface area contributed by atoms with Gasteiger partial charge < -0.3 is 10.1 Å². The SMILES string of the molecule is COc1ccc(Cl)cc1NC(=O)c1cc(S(=O)(=O)N2CCCC2)ccc1F. The van der Waals surface area contributed by atoms with Gasteiger partial charge in [0.25, 0.3) is 5.91 Å². The summed E-state index contributed by atoms with van der Waals surface area (Å²) in [5.74, 6) is -1.28. The number of benzene rings is 2. The Hall–Kier alpha value is -2.16. The Bertz CT molecular complexity index is 975. The van der Waals surface area contributed by atoms with Crippen molar-refractivity contribution >= 4 is 33.2 Å². The maximum atomic E-state index is 14.2. The standard InChI is InChI=1S/C18H18ClFN2O4S/c1-26-17-7-4-12(19)10-16(17)21-18(23)14-11-13(5-6-15(14)20)27(24,25)22-8-2-3-9-22/h4-7,10-11H,2-3,8-9H2,1H3,(H,21,23). The number of nitrogens with zero attached hydrogens (tertiary/aromatic N) is 1. The summed E-state index contributed by atoms with van der Waals surface area (Å²) in [4.78, 5) is 12.4. The fourth-order valence-corrected chi connectivity index (χ4v) is 4.60. The molecular weight excluding hydrogens is 395 g/mol. The second-order valence-electron chi connectivity index (χ2n) is 6.05. The van der Waals surface area contributed by atoms with E-state index < -0.39 is 21.7 Å². The predicted molar refractivity (Wildman–Crippen MR) is 100 cm³/mol. The van der Waals surface area contributed by atoms with Crippen molar-refractivity contribution in [2.24, 2.45) is 0 Å².